The highest BCUT2D eigenvalue weighted by atomic mass is 32.2. The van der Waals surface area contributed by atoms with E-state index in [9.17, 15) is 4.79 Å². The van der Waals surface area contributed by atoms with E-state index >= 15 is 0 Å². The van der Waals surface area contributed by atoms with Crippen LogP contribution in [0.3, 0.4) is 0 Å². The van der Waals surface area contributed by atoms with Gasteiger partial charge in [-0.25, -0.2) is 0 Å². The summed E-state index contributed by atoms with van der Waals surface area (Å²) in [5.74, 6) is 0.753. The van der Waals surface area contributed by atoms with Gasteiger partial charge >= 0.3 is 0 Å². The number of anilines is 1. The molecule has 0 spiro atoms. The zero-order valence-corrected chi connectivity index (χ0v) is 16.9. The third kappa shape index (κ3) is 5.27. The quantitative estimate of drug-likeness (QED) is 0.687. The Morgan fingerprint density at radius 1 is 1.26 bits per heavy atom. The number of carbonyl (C=O) groups excluding carboxylic acids is 1. The van der Waals surface area contributed by atoms with Crippen LogP contribution in [-0.4, -0.2) is 37.4 Å². The van der Waals surface area contributed by atoms with Gasteiger partial charge in [-0.3, -0.25) is 4.79 Å². The second-order valence-corrected chi connectivity index (χ2v) is 7.65. The lowest BCUT2D eigenvalue weighted by atomic mass is 10.1. The van der Waals surface area contributed by atoms with Crippen LogP contribution in [0.5, 0.6) is 5.75 Å². The van der Waals surface area contributed by atoms with Crippen LogP contribution in [0.4, 0.5) is 5.69 Å². The van der Waals surface area contributed by atoms with Gasteiger partial charge < -0.3 is 15.0 Å². The second-order valence-electron chi connectivity index (χ2n) is 6.77. The van der Waals surface area contributed by atoms with Gasteiger partial charge in [0.2, 0.25) is 0 Å². The van der Waals surface area contributed by atoms with Crippen molar-refractivity contribution < 1.29 is 9.53 Å². The largest absolute Gasteiger partial charge is 0.481 e. The summed E-state index contributed by atoms with van der Waals surface area (Å²) in [6.07, 6.45) is 4.45. The van der Waals surface area contributed by atoms with Gasteiger partial charge in [0.25, 0.3) is 5.91 Å². The first-order valence-corrected chi connectivity index (χ1v) is 10.8. The van der Waals surface area contributed by atoms with Crippen LogP contribution in [-0.2, 0) is 4.79 Å². The number of hydrogen-bond donors (Lipinski definition) is 1. The summed E-state index contributed by atoms with van der Waals surface area (Å²) in [7, 11) is 0. The summed E-state index contributed by atoms with van der Waals surface area (Å²) in [5, 5.41) is 3.51. The Labute approximate surface area is 166 Å². The summed E-state index contributed by atoms with van der Waals surface area (Å²) < 4.78 is 6.03. The Morgan fingerprint density at radius 2 is 2.07 bits per heavy atom. The number of carbonyl (C=O) groups is 1. The monoisotopic (exact) mass is 384 g/mol. The van der Waals surface area contributed by atoms with E-state index < -0.39 is 6.10 Å². The van der Waals surface area contributed by atoms with Crippen LogP contribution in [0.15, 0.2) is 59.5 Å². The number of ether oxygens (including phenoxy) is 1. The van der Waals surface area contributed by atoms with Crippen molar-refractivity contribution in [1.29, 1.82) is 0 Å². The van der Waals surface area contributed by atoms with Crippen LogP contribution in [0.1, 0.15) is 26.2 Å². The molecule has 5 heteroatoms. The van der Waals surface area contributed by atoms with Gasteiger partial charge in [-0.15, -0.1) is 11.8 Å². The molecule has 27 heavy (non-hydrogen) atoms. The number of nitrogens with one attached hydrogen (secondary N) is 1. The summed E-state index contributed by atoms with van der Waals surface area (Å²) in [6, 6.07) is 18.1. The molecule has 4 nitrogen and oxygen atoms in total. The van der Waals surface area contributed by atoms with E-state index in [1.54, 1.807) is 11.8 Å². The third-order valence-electron chi connectivity index (χ3n) is 4.86. The Balaban J connectivity index is 1.83. The van der Waals surface area contributed by atoms with Crippen molar-refractivity contribution in [3.05, 3.63) is 54.6 Å². The number of nitrogens with zero attached hydrogens (tertiary/aromatic N) is 1. The van der Waals surface area contributed by atoms with Gasteiger partial charge in [0.1, 0.15) is 5.75 Å². The van der Waals surface area contributed by atoms with Crippen LogP contribution < -0.4 is 15.0 Å². The molecule has 2 atom stereocenters. The Bertz CT molecular complexity index is 732. The lowest BCUT2D eigenvalue weighted by molar-refractivity contribution is -0.125. The average molecular weight is 385 g/mol. The molecule has 1 aliphatic heterocycles. The molecule has 1 saturated heterocycles. The molecule has 1 fully saturated rings. The lowest BCUT2D eigenvalue weighted by Crippen LogP contribution is -2.47. The Hall–Kier alpha value is -1.98. The number of hydrogen-bond acceptors (Lipinski definition) is 4. The average Bonchev–Trinajstić information content (AvgIpc) is 3.24. The van der Waals surface area contributed by atoms with Crippen molar-refractivity contribution in [3.63, 3.8) is 0 Å². The molecule has 0 bridgehead atoms. The lowest BCUT2D eigenvalue weighted by Gasteiger charge is -2.30. The molecule has 1 unspecified atom stereocenters. The van der Waals surface area contributed by atoms with Crippen LogP contribution >= 0.6 is 11.8 Å². The SMILES string of the molecule is CCC(Oc1ccccc1)C(=O)N(C[C@H]1CCCN1)c1cccc(SC)c1. The first-order valence-electron chi connectivity index (χ1n) is 9.61. The number of amides is 1. The molecule has 1 aliphatic rings. The first kappa shape index (κ1) is 19.8. The number of thioether (sulfide) groups is 1. The summed E-state index contributed by atoms with van der Waals surface area (Å²) in [4.78, 5) is 16.5. The molecule has 1 N–H and O–H groups in total. The van der Waals surface area contributed by atoms with Gasteiger partial charge in [-0.05, 0) is 62.4 Å². The minimum atomic E-state index is -0.494. The summed E-state index contributed by atoms with van der Waals surface area (Å²) in [5.41, 5.74) is 0.940. The molecule has 144 valence electrons. The molecular formula is C22H28N2O2S. The smallest absolute Gasteiger partial charge is 0.268 e. The molecule has 1 heterocycles. The van der Waals surface area contributed by atoms with Crippen LogP contribution in [0.2, 0.25) is 0 Å². The fraction of sp³-hybridized carbons (Fsp3) is 0.409. The number of benzene rings is 2. The van der Waals surface area contributed by atoms with E-state index in [0.29, 0.717) is 19.0 Å². The highest BCUT2D eigenvalue weighted by molar-refractivity contribution is 7.98. The molecule has 0 aromatic heterocycles. The normalized spacial score (nSPS) is 17.5. The zero-order valence-electron chi connectivity index (χ0n) is 16.1. The molecule has 1 amide bonds. The zero-order chi connectivity index (χ0) is 19.1. The fourth-order valence-electron chi connectivity index (χ4n) is 3.38. The maximum Gasteiger partial charge on any atom is 0.268 e. The highest BCUT2D eigenvalue weighted by Gasteiger charge is 2.29. The summed E-state index contributed by atoms with van der Waals surface area (Å²) >= 11 is 1.69. The van der Waals surface area contributed by atoms with Crippen molar-refractivity contribution >= 4 is 23.4 Å². The second kappa shape index (κ2) is 9.81. The molecule has 0 saturated carbocycles. The number of para-hydroxylation sites is 1. The van der Waals surface area contributed by atoms with E-state index in [0.717, 1.165) is 35.7 Å². The van der Waals surface area contributed by atoms with Gasteiger partial charge in [-0.1, -0.05) is 31.2 Å². The molecule has 2 aromatic rings. The minimum absolute atomic E-state index is 0.0216. The van der Waals surface area contributed by atoms with E-state index in [1.165, 1.54) is 0 Å². The highest BCUT2D eigenvalue weighted by Crippen LogP contribution is 2.25. The predicted octanol–water partition coefficient (Wildman–Crippen LogP) is 4.35. The predicted molar refractivity (Wildman–Crippen MR) is 113 cm³/mol. The van der Waals surface area contributed by atoms with E-state index in [2.05, 4.69) is 23.7 Å². The maximum atomic E-state index is 13.4. The van der Waals surface area contributed by atoms with Gasteiger partial charge in [0.15, 0.2) is 6.10 Å². The summed E-state index contributed by atoms with van der Waals surface area (Å²) in [6.45, 7) is 3.69. The molecule has 0 radical (unpaired) electrons. The fourth-order valence-corrected chi connectivity index (χ4v) is 3.83. The van der Waals surface area contributed by atoms with E-state index in [-0.39, 0.29) is 5.91 Å². The van der Waals surface area contributed by atoms with Crippen molar-refractivity contribution in [1.82, 2.24) is 5.32 Å². The van der Waals surface area contributed by atoms with Gasteiger partial charge in [-0.2, -0.15) is 0 Å². The van der Waals surface area contributed by atoms with Gasteiger partial charge in [0.05, 0.1) is 0 Å². The Kier molecular flexibility index (Phi) is 7.18. The number of rotatable bonds is 8. The van der Waals surface area contributed by atoms with Gasteiger partial charge in [0, 0.05) is 23.2 Å². The van der Waals surface area contributed by atoms with Crippen molar-refractivity contribution in [2.45, 2.75) is 43.2 Å². The topological polar surface area (TPSA) is 41.6 Å². The minimum Gasteiger partial charge on any atom is -0.481 e. The van der Waals surface area contributed by atoms with Crippen molar-refractivity contribution in [2.24, 2.45) is 0 Å². The van der Waals surface area contributed by atoms with E-state index in [1.807, 2.05) is 54.3 Å². The molecule has 0 aliphatic carbocycles. The first-order chi connectivity index (χ1) is 13.2. The standard InChI is InChI=1S/C22H28N2O2S/c1-3-21(26-19-11-5-4-6-12-19)22(25)24(16-17-9-8-14-23-17)18-10-7-13-20(15-18)27-2/h4-7,10-13,15,17,21,23H,3,8-9,14,16H2,1-2H3/t17-,21?/m1/s1. The molecule has 3 rings (SSSR count). The van der Waals surface area contributed by atoms with Crippen molar-refractivity contribution in [3.8, 4) is 5.75 Å². The van der Waals surface area contributed by atoms with Crippen molar-refractivity contribution in [2.75, 3.05) is 24.2 Å². The van der Waals surface area contributed by atoms with Crippen LogP contribution in [0, 0.1) is 0 Å². The van der Waals surface area contributed by atoms with Crippen LogP contribution in [0.25, 0.3) is 0 Å². The van der Waals surface area contributed by atoms with E-state index in [4.69, 9.17) is 4.74 Å². The molecule has 2 aromatic carbocycles. The maximum absolute atomic E-state index is 13.4. The molecular weight excluding hydrogens is 356 g/mol. The Morgan fingerprint density at radius 3 is 2.74 bits per heavy atom. The third-order valence-corrected chi connectivity index (χ3v) is 5.59.